The first-order valence-electron chi connectivity index (χ1n) is 5.48. The van der Waals surface area contributed by atoms with Gasteiger partial charge in [0.2, 0.25) is 0 Å². The molecule has 1 aliphatic rings. The number of rotatable bonds is 4. The van der Waals surface area contributed by atoms with Crippen molar-refractivity contribution in [3.63, 3.8) is 0 Å². The Morgan fingerprint density at radius 1 is 1.47 bits per heavy atom. The molecule has 1 aromatic rings. The Kier molecular flexibility index (Phi) is 3.32. The molecular weight excluding hydrogens is 252 g/mol. The van der Waals surface area contributed by atoms with Gasteiger partial charge in [0, 0.05) is 22.7 Å². The van der Waals surface area contributed by atoms with Crippen LogP contribution in [0, 0.1) is 0 Å². The molecule has 0 saturated heterocycles. The van der Waals surface area contributed by atoms with Crippen LogP contribution in [-0.2, 0) is 6.54 Å². The van der Waals surface area contributed by atoms with Crippen LogP contribution in [0.1, 0.15) is 25.3 Å². The van der Waals surface area contributed by atoms with Crippen molar-refractivity contribution in [2.45, 2.75) is 32.4 Å². The topological polar surface area (TPSA) is 29.3 Å². The van der Waals surface area contributed by atoms with Gasteiger partial charge in [0.15, 0.2) is 0 Å². The fraction of sp³-hybridized carbons (Fsp3) is 0.500. The van der Waals surface area contributed by atoms with Crippen molar-refractivity contribution in [1.29, 1.82) is 0 Å². The molecule has 2 rings (SSSR count). The lowest BCUT2D eigenvalue weighted by Gasteiger charge is -2.20. The van der Waals surface area contributed by atoms with Gasteiger partial charge < -0.3 is 5.73 Å². The average molecular weight is 269 g/mol. The molecule has 1 saturated carbocycles. The van der Waals surface area contributed by atoms with Gasteiger partial charge in [0.25, 0.3) is 0 Å². The molecule has 0 radical (unpaired) electrons. The van der Waals surface area contributed by atoms with Crippen LogP contribution in [-0.4, -0.2) is 17.5 Å². The summed E-state index contributed by atoms with van der Waals surface area (Å²) < 4.78 is 1.05. The number of hydrogen-bond acceptors (Lipinski definition) is 2. The van der Waals surface area contributed by atoms with Crippen molar-refractivity contribution in [2.24, 2.45) is 0 Å². The summed E-state index contributed by atoms with van der Waals surface area (Å²) in [7, 11) is 0. The molecule has 82 valence electrons. The lowest BCUT2D eigenvalue weighted by Crippen LogP contribution is -2.25. The third-order valence-electron chi connectivity index (χ3n) is 2.95. The summed E-state index contributed by atoms with van der Waals surface area (Å²) in [4.78, 5) is 2.50. The summed E-state index contributed by atoms with van der Waals surface area (Å²) in [5.74, 6) is 0. The molecule has 3 heteroatoms. The highest BCUT2D eigenvalue weighted by Gasteiger charge is 2.27. The third-order valence-corrected chi connectivity index (χ3v) is 3.44. The summed E-state index contributed by atoms with van der Waals surface area (Å²) in [5.41, 5.74) is 8.12. The van der Waals surface area contributed by atoms with Gasteiger partial charge in [-0.3, -0.25) is 4.90 Å². The lowest BCUT2D eigenvalue weighted by molar-refractivity contribution is 0.270. The fourth-order valence-electron chi connectivity index (χ4n) is 1.87. The fourth-order valence-corrected chi connectivity index (χ4v) is 2.25. The number of nitrogen functional groups attached to an aromatic ring is 1. The van der Waals surface area contributed by atoms with E-state index >= 15 is 0 Å². The Morgan fingerprint density at radius 3 is 2.73 bits per heavy atom. The molecule has 1 aromatic carbocycles. The molecule has 0 spiro atoms. The van der Waals surface area contributed by atoms with E-state index in [9.17, 15) is 0 Å². The van der Waals surface area contributed by atoms with Crippen LogP contribution >= 0.6 is 15.9 Å². The average Bonchev–Trinajstić information content (AvgIpc) is 3.00. The highest BCUT2D eigenvalue weighted by molar-refractivity contribution is 9.10. The van der Waals surface area contributed by atoms with Gasteiger partial charge in [-0.2, -0.15) is 0 Å². The van der Waals surface area contributed by atoms with Gasteiger partial charge in [-0.15, -0.1) is 0 Å². The van der Waals surface area contributed by atoms with Crippen LogP contribution in [0.3, 0.4) is 0 Å². The van der Waals surface area contributed by atoms with E-state index in [1.165, 1.54) is 18.4 Å². The van der Waals surface area contributed by atoms with E-state index in [4.69, 9.17) is 5.73 Å². The second-order valence-electron chi connectivity index (χ2n) is 4.14. The number of benzene rings is 1. The van der Waals surface area contributed by atoms with Gasteiger partial charge in [-0.25, -0.2) is 0 Å². The molecule has 2 nitrogen and oxygen atoms in total. The number of halogens is 1. The Hall–Kier alpha value is -0.540. The molecule has 0 atom stereocenters. The van der Waals surface area contributed by atoms with Crippen molar-refractivity contribution >= 4 is 21.6 Å². The third kappa shape index (κ3) is 2.73. The molecule has 0 aromatic heterocycles. The van der Waals surface area contributed by atoms with E-state index < -0.39 is 0 Å². The van der Waals surface area contributed by atoms with Gasteiger partial charge in [-0.05, 0) is 37.1 Å². The molecule has 2 N–H and O–H groups in total. The predicted octanol–water partition coefficient (Wildman–Crippen LogP) is 3.02. The number of nitrogens with two attached hydrogens (primary N) is 1. The number of anilines is 1. The maximum absolute atomic E-state index is 5.99. The van der Waals surface area contributed by atoms with Gasteiger partial charge >= 0.3 is 0 Å². The molecule has 0 heterocycles. The minimum absolute atomic E-state index is 0.804. The quantitative estimate of drug-likeness (QED) is 0.851. The van der Waals surface area contributed by atoms with Crippen molar-refractivity contribution in [1.82, 2.24) is 4.90 Å². The Bertz CT molecular complexity index is 347. The van der Waals surface area contributed by atoms with Crippen LogP contribution in [0.4, 0.5) is 5.69 Å². The largest absolute Gasteiger partial charge is 0.398 e. The maximum Gasteiger partial charge on any atom is 0.0371 e. The zero-order chi connectivity index (χ0) is 10.8. The van der Waals surface area contributed by atoms with E-state index in [1.807, 2.05) is 6.07 Å². The summed E-state index contributed by atoms with van der Waals surface area (Å²) in [6, 6.07) is 6.96. The first-order chi connectivity index (χ1) is 7.20. The molecule has 0 unspecified atom stereocenters. The SMILES string of the molecule is CCN(Cc1ccc(Br)cc1N)C1CC1. The molecule has 15 heavy (non-hydrogen) atoms. The summed E-state index contributed by atoms with van der Waals surface area (Å²) >= 11 is 3.43. The first kappa shape index (κ1) is 11.0. The van der Waals surface area contributed by atoms with Crippen LogP contribution in [0.25, 0.3) is 0 Å². The Morgan fingerprint density at radius 2 is 2.20 bits per heavy atom. The van der Waals surface area contributed by atoms with E-state index in [1.54, 1.807) is 0 Å². The zero-order valence-electron chi connectivity index (χ0n) is 9.04. The normalized spacial score (nSPS) is 15.9. The molecule has 0 amide bonds. The minimum atomic E-state index is 0.804. The van der Waals surface area contributed by atoms with Crippen molar-refractivity contribution in [3.8, 4) is 0 Å². The van der Waals surface area contributed by atoms with Crippen molar-refractivity contribution < 1.29 is 0 Å². The summed E-state index contributed by atoms with van der Waals surface area (Å²) in [5, 5.41) is 0. The van der Waals surface area contributed by atoms with E-state index in [-0.39, 0.29) is 0 Å². The van der Waals surface area contributed by atoms with Gasteiger partial charge in [0.1, 0.15) is 0 Å². The zero-order valence-corrected chi connectivity index (χ0v) is 10.6. The highest BCUT2D eigenvalue weighted by atomic mass is 79.9. The summed E-state index contributed by atoms with van der Waals surface area (Å²) in [6.07, 6.45) is 2.70. The molecule has 0 aliphatic heterocycles. The summed E-state index contributed by atoms with van der Waals surface area (Å²) in [6.45, 7) is 4.31. The lowest BCUT2D eigenvalue weighted by atomic mass is 10.1. The molecule has 0 bridgehead atoms. The van der Waals surface area contributed by atoms with E-state index in [0.29, 0.717) is 0 Å². The second-order valence-corrected chi connectivity index (χ2v) is 5.05. The standard InChI is InChI=1S/C12H17BrN2/c1-2-15(11-5-6-11)8-9-3-4-10(13)7-12(9)14/h3-4,7,11H,2,5-6,8,14H2,1H3. The van der Waals surface area contributed by atoms with Crippen LogP contribution < -0.4 is 5.73 Å². The van der Waals surface area contributed by atoms with Crippen LogP contribution in [0.5, 0.6) is 0 Å². The molecule has 1 aliphatic carbocycles. The van der Waals surface area contributed by atoms with Gasteiger partial charge in [0.05, 0.1) is 0 Å². The first-order valence-corrected chi connectivity index (χ1v) is 6.28. The van der Waals surface area contributed by atoms with E-state index in [2.05, 4.69) is 39.9 Å². The number of hydrogen-bond donors (Lipinski definition) is 1. The molecular formula is C12H17BrN2. The van der Waals surface area contributed by atoms with Crippen molar-refractivity contribution in [3.05, 3.63) is 28.2 Å². The van der Waals surface area contributed by atoms with Crippen LogP contribution in [0.15, 0.2) is 22.7 Å². The minimum Gasteiger partial charge on any atom is -0.398 e. The van der Waals surface area contributed by atoms with Crippen LogP contribution in [0.2, 0.25) is 0 Å². The number of nitrogens with zero attached hydrogens (tertiary/aromatic N) is 1. The van der Waals surface area contributed by atoms with Crippen molar-refractivity contribution in [2.75, 3.05) is 12.3 Å². The van der Waals surface area contributed by atoms with Gasteiger partial charge in [-0.1, -0.05) is 28.9 Å². The maximum atomic E-state index is 5.99. The van der Waals surface area contributed by atoms with E-state index in [0.717, 1.165) is 29.3 Å². The second kappa shape index (κ2) is 4.54. The Labute approximate surface area is 99.6 Å². The predicted molar refractivity (Wildman–Crippen MR) is 67.7 cm³/mol. The smallest absolute Gasteiger partial charge is 0.0371 e. The molecule has 1 fully saturated rings. The monoisotopic (exact) mass is 268 g/mol. The highest BCUT2D eigenvalue weighted by Crippen LogP contribution is 2.29. The Balaban J connectivity index is 2.08.